The number of hydrogen-bond acceptors (Lipinski definition) is 3. The lowest BCUT2D eigenvalue weighted by atomic mass is 9.86. The Bertz CT molecular complexity index is 500. The summed E-state index contributed by atoms with van der Waals surface area (Å²) in [5, 5.41) is 3.05. The standard InChI is InChI=1S/C17H26N2O2/c1-13-5-6-14(17(2,3)4)11-15(13)18-16(20)12-19-7-9-21-10-8-19/h5-6,11H,7-10,12H2,1-4H3,(H,18,20). The summed E-state index contributed by atoms with van der Waals surface area (Å²) in [7, 11) is 0. The Balaban J connectivity index is 2.02. The van der Waals surface area contributed by atoms with Crippen molar-refractivity contribution in [2.24, 2.45) is 0 Å². The predicted octanol–water partition coefficient (Wildman–Crippen LogP) is 2.56. The average Bonchev–Trinajstić information content (AvgIpc) is 2.41. The maximum absolute atomic E-state index is 12.2. The van der Waals surface area contributed by atoms with Gasteiger partial charge >= 0.3 is 0 Å². The fourth-order valence-electron chi connectivity index (χ4n) is 2.38. The molecule has 116 valence electrons. The molecule has 0 aliphatic carbocycles. The molecule has 1 aliphatic rings. The summed E-state index contributed by atoms with van der Waals surface area (Å²) in [6.07, 6.45) is 0. The van der Waals surface area contributed by atoms with E-state index < -0.39 is 0 Å². The van der Waals surface area contributed by atoms with Crippen molar-refractivity contribution in [2.75, 3.05) is 38.2 Å². The number of benzene rings is 1. The molecule has 0 unspecified atom stereocenters. The molecule has 0 atom stereocenters. The van der Waals surface area contributed by atoms with Gasteiger partial charge in [0.05, 0.1) is 19.8 Å². The molecule has 0 aromatic heterocycles. The second-order valence-electron chi connectivity index (χ2n) is 6.72. The van der Waals surface area contributed by atoms with Crippen LogP contribution in [-0.4, -0.2) is 43.7 Å². The van der Waals surface area contributed by atoms with Gasteiger partial charge in [-0.25, -0.2) is 0 Å². The highest BCUT2D eigenvalue weighted by molar-refractivity contribution is 5.93. The van der Waals surface area contributed by atoms with E-state index in [0.717, 1.165) is 24.3 Å². The number of nitrogens with zero attached hydrogens (tertiary/aromatic N) is 1. The van der Waals surface area contributed by atoms with E-state index in [1.54, 1.807) is 0 Å². The lowest BCUT2D eigenvalue weighted by molar-refractivity contribution is -0.118. The number of carbonyl (C=O) groups is 1. The molecule has 4 nitrogen and oxygen atoms in total. The lowest BCUT2D eigenvalue weighted by Crippen LogP contribution is -2.41. The molecular formula is C17H26N2O2. The van der Waals surface area contributed by atoms with Gasteiger partial charge in [0.25, 0.3) is 0 Å². The number of carbonyl (C=O) groups excluding carboxylic acids is 1. The Morgan fingerprint density at radius 2 is 1.95 bits per heavy atom. The molecule has 1 N–H and O–H groups in total. The number of hydrogen-bond donors (Lipinski definition) is 1. The first-order valence-corrected chi connectivity index (χ1v) is 7.57. The van der Waals surface area contributed by atoms with Crippen LogP contribution in [0.15, 0.2) is 18.2 Å². The molecule has 2 rings (SSSR count). The monoisotopic (exact) mass is 290 g/mol. The van der Waals surface area contributed by atoms with E-state index in [9.17, 15) is 4.79 Å². The molecule has 0 spiro atoms. The van der Waals surface area contributed by atoms with Crippen molar-refractivity contribution in [1.82, 2.24) is 4.90 Å². The van der Waals surface area contributed by atoms with Crippen LogP contribution >= 0.6 is 0 Å². The van der Waals surface area contributed by atoms with E-state index in [1.807, 2.05) is 6.92 Å². The van der Waals surface area contributed by atoms with Crippen molar-refractivity contribution in [3.8, 4) is 0 Å². The van der Waals surface area contributed by atoms with Crippen LogP contribution in [-0.2, 0) is 14.9 Å². The molecule has 1 aliphatic heterocycles. The second-order valence-corrected chi connectivity index (χ2v) is 6.72. The molecule has 1 saturated heterocycles. The normalized spacial score (nSPS) is 16.8. The van der Waals surface area contributed by atoms with Crippen LogP contribution in [0.5, 0.6) is 0 Å². The predicted molar refractivity (Wildman–Crippen MR) is 85.8 cm³/mol. The highest BCUT2D eigenvalue weighted by Crippen LogP contribution is 2.26. The fraction of sp³-hybridized carbons (Fsp3) is 0.588. The van der Waals surface area contributed by atoms with Crippen LogP contribution < -0.4 is 5.32 Å². The van der Waals surface area contributed by atoms with Gasteiger partial charge in [-0.2, -0.15) is 0 Å². The van der Waals surface area contributed by atoms with Crippen LogP contribution in [0.1, 0.15) is 31.9 Å². The molecule has 0 radical (unpaired) electrons. The van der Waals surface area contributed by atoms with E-state index >= 15 is 0 Å². The highest BCUT2D eigenvalue weighted by atomic mass is 16.5. The zero-order valence-corrected chi connectivity index (χ0v) is 13.5. The third-order valence-electron chi connectivity index (χ3n) is 3.85. The minimum absolute atomic E-state index is 0.0473. The first-order valence-electron chi connectivity index (χ1n) is 7.57. The molecule has 1 amide bonds. The lowest BCUT2D eigenvalue weighted by Gasteiger charge is -2.26. The van der Waals surface area contributed by atoms with Gasteiger partial charge in [-0.05, 0) is 29.5 Å². The summed E-state index contributed by atoms with van der Waals surface area (Å²) in [5.74, 6) is 0.0473. The summed E-state index contributed by atoms with van der Waals surface area (Å²) in [4.78, 5) is 14.3. The van der Waals surface area contributed by atoms with E-state index in [1.165, 1.54) is 5.56 Å². The van der Waals surface area contributed by atoms with Gasteiger partial charge in [0, 0.05) is 18.8 Å². The minimum atomic E-state index is 0.0473. The van der Waals surface area contributed by atoms with Gasteiger partial charge in [0.1, 0.15) is 0 Å². The van der Waals surface area contributed by atoms with Crippen molar-refractivity contribution in [3.05, 3.63) is 29.3 Å². The number of rotatable bonds is 3. The highest BCUT2D eigenvalue weighted by Gasteiger charge is 2.17. The maximum Gasteiger partial charge on any atom is 0.238 e. The fourth-order valence-corrected chi connectivity index (χ4v) is 2.38. The average molecular weight is 290 g/mol. The maximum atomic E-state index is 12.2. The van der Waals surface area contributed by atoms with E-state index in [0.29, 0.717) is 19.8 Å². The number of amides is 1. The number of nitrogens with one attached hydrogen (secondary N) is 1. The summed E-state index contributed by atoms with van der Waals surface area (Å²) in [5.41, 5.74) is 3.32. The molecule has 1 heterocycles. The molecule has 1 aromatic rings. The molecule has 4 heteroatoms. The number of anilines is 1. The van der Waals surface area contributed by atoms with Crippen molar-refractivity contribution in [1.29, 1.82) is 0 Å². The van der Waals surface area contributed by atoms with Gasteiger partial charge in [0.15, 0.2) is 0 Å². The molecule has 21 heavy (non-hydrogen) atoms. The van der Waals surface area contributed by atoms with E-state index in [2.05, 4.69) is 49.2 Å². The number of aryl methyl sites for hydroxylation is 1. The van der Waals surface area contributed by atoms with Crippen molar-refractivity contribution < 1.29 is 9.53 Å². The Morgan fingerprint density at radius 1 is 1.29 bits per heavy atom. The van der Waals surface area contributed by atoms with Crippen LogP contribution in [0.25, 0.3) is 0 Å². The zero-order chi connectivity index (χ0) is 15.5. The zero-order valence-electron chi connectivity index (χ0n) is 13.5. The third kappa shape index (κ3) is 4.55. The molecule has 0 saturated carbocycles. The van der Waals surface area contributed by atoms with Gasteiger partial charge < -0.3 is 10.1 Å². The van der Waals surface area contributed by atoms with Gasteiger partial charge in [-0.1, -0.05) is 32.9 Å². The largest absolute Gasteiger partial charge is 0.379 e. The van der Waals surface area contributed by atoms with Gasteiger partial charge in [-0.3, -0.25) is 9.69 Å². The van der Waals surface area contributed by atoms with Crippen LogP contribution in [0.3, 0.4) is 0 Å². The summed E-state index contributed by atoms with van der Waals surface area (Å²) in [6, 6.07) is 6.30. The molecule has 0 bridgehead atoms. The van der Waals surface area contributed by atoms with Crippen molar-refractivity contribution in [3.63, 3.8) is 0 Å². The Morgan fingerprint density at radius 3 is 2.57 bits per heavy atom. The second kappa shape index (κ2) is 6.58. The Hall–Kier alpha value is -1.39. The Kier molecular flexibility index (Phi) is 5.01. The smallest absolute Gasteiger partial charge is 0.238 e. The van der Waals surface area contributed by atoms with Gasteiger partial charge in [-0.15, -0.1) is 0 Å². The third-order valence-corrected chi connectivity index (χ3v) is 3.85. The summed E-state index contributed by atoms with van der Waals surface area (Å²) < 4.78 is 5.30. The summed E-state index contributed by atoms with van der Waals surface area (Å²) >= 11 is 0. The SMILES string of the molecule is Cc1ccc(C(C)(C)C)cc1NC(=O)CN1CCOCC1. The first-order chi connectivity index (χ1) is 9.86. The number of ether oxygens (including phenoxy) is 1. The quantitative estimate of drug-likeness (QED) is 0.930. The molecular weight excluding hydrogens is 264 g/mol. The van der Waals surface area contributed by atoms with E-state index in [-0.39, 0.29) is 11.3 Å². The van der Waals surface area contributed by atoms with Crippen molar-refractivity contribution >= 4 is 11.6 Å². The topological polar surface area (TPSA) is 41.6 Å². The van der Waals surface area contributed by atoms with Crippen LogP contribution in [0, 0.1) is 6.92 Å². The minimum Gasteiger partial charge on any atom is -0.379 e. The Labute approximate surface area is 127 Å². The number of morpholine rings is 1. The van der Waals surface area contributed by atoms with Crippen LogP contribution in [0.4, 0.5) is 5.69 Å². The van der Waals surface area contributed by atoms with Crippen LogP contribution in [0.2, 0.25) is 0 Å². The molecule has 1 fully saturated rings. The molecule has 1 aromatic carbocycles. The van der Waals surface area contributed by atoms with Crippen molar-refractivity contribution in [2.45, 2.75) is 33.1 Å². The summed E-state index contributed by atoms with van der Waals surface area (Å²) in [6.45, 7) is 12.1. The first kappa shape index (κ1) is 16.0. The van der Waals surface area contributed by atoms with Gasteiger partial charge in [0.2, 0.25) is 5.91 Å². The van der Waals surface area contributed by atoms with E-state index in [4.69, 9.17) is 4.74 Å².